The van der Waals surface area contributed by atoms with Crippen LogP contribution < -0.4 is 10.6 Å². The molecule has 2 aromatic heterocycles. The Kier molecular flexibility index (Phi) is 5.35. The van der Waals surface area contributed by atoms with E-state index in [0.29, 0.717) is 0 Å². The van der Waals surface area contributed by atoms with Crippen LogP contribution in [0.1, 0.15) is 53.5 Å². The van der Waals surface area contributed by atoms with Crippen molar-refractivity contribution in [3.8, 4) is 0 Å². The third kappa shape index (κ3) is 4.35. The van der Waals surface area contributed by atoms with Gasteiger partial charge in [-0.15, -0.1) is 16.4 Å². The van der Waals surface area contributed by atoms with Crippen LogP contribution in [0.15, 0.2) is 22.9 Å². The smallest absolute Gasteiger partial charge is 0.273 e. The average Bonchev–Trinajstić information content (AvgIpc) is 3.28. The van der Waals surface area contributed by atoms with Crippen molar-refractivity contribution in [1.29, 1.82) is 0 Å². The standard InChI is InChI=1S/C15H18N4O2S2/c20-14(16-10-4-1-2-5-10)8-11(13-6-3-7-22-13)17-15(21)12-9-23-19-18-12/h3,6-7,9-11H,1-2,4-5,8H2,(H,16,20)(H,17,21). The minimum atomic E-state index is -0.342. The van der Waals surface area contributed by atoms with Gasteiger partial charge < -0.3 is 10.6 Å². The number of nitrogens with zero attached hydrogens (tertiary/aromatic N) is 2. The molecule has 3 rings (SSSR count). The minimum Gasteiger partial charge on any atom is -0.353 e. The van der Waals surface area contributed by atoms with Crippen LogP contribution in [-0.4, -0.2) is 27.4 Å². The second-order valence-corrected chi connectivity index (χ2v) is 7.17. The maximum atomic E-state index is 12.3. The Morgan fingerprint density at radius 1 is 1.35 bits per heavy atom. The average molecular weight is 350 g/mol. The number of carbonyl (C=O) groups excluding carboxylic acids is 2. The van der Waals surface area contributed by atoms with Gasteiger partial charge in [0.2, 0.25) is 5.91 Å². The zero-order valence-corrected chi connectivity index (χ0v) is 14.2. The van der Waals surface area contributed by atoms with E-state index in [1.807, 2.05) is 17.5 Å². The minimum absolute atomic E-state index is 0.0213. The molecule has 0 aromatic carbocycles. The van der Waals surface area contributed by atoms with Gasteiger partial charge in [0.15, 0.2) is 5.69 Å². The molecule has 2 N–H and O–H groups in total. The Hall–Kier alpha value is -1.80. The molecular formula is C15H18N4O2S2. The Morgan fingerprint density at radius 3 is 2.83 bits per heavy atom. The fourth-order valence-corrected chi connectivity index (χ4v) is 3.96. The number of nitrogens with one attached hydrogen (secondary N) is 2. The van der Waals surface area contributed by atoms with Gasteiger partial charge in [0.1, 0.15) is 0 Å². The Morgan fingerprint density at radius 2 is 2.17 bits per heavy atom. The fraction of sp³-hybridized carbons (Fsp3) is 0.467. The summed E-state index contributed by atoms with van der Waals surface area (Å²) in [5.74, 6) is -0.321. The molecule has 1 unspecified atom stereocenters. The summed E-state index contributed by atoms with van der Waals surface area (Å²) in [6.07, 6.45) is 4.68. The van der Waals surface area contributed by atoms with E-state index < -0.39 is 0 Å². The summed E-state index contributed by atoms with van der Waals surface area (Å²) >= 11 is 2.66. The molecule has 1 aliphatic carbocycles. The fourth-order valence-electron chi connectivity index (χ4n) is 2.75. The first-order valence-corrected chi connectivity index (χ1v) is 9.34. The number of thiophene rings is 1. The third-order valence-corrected chi connectivity index (χ3v) is 5.39. The lowest BCUT2D eigenvalue weighted by molar-refractivity contribution is -0.122. The summed E-state index contributed by atoms with van der Waals surface area (Å²) in [5.41, 5.74) is 0.285. The van der Waals surface area contributed by atoms with E-state index in [1.165, 1.54) is 24.2 Å². The number of hydrogen-bond donors (Lipinski definition) is 2. The topological polar surface area (TPSA) is 84.0 Å². The van der Waals surface area contributed by atoms with Crippen molar-refractivity contribution in [2.24, 2.45) is 0 Å². The van der Waals surface area contributed by atoms with Crippen LogP contribution in [0.3, 0.4) is 0 Å². The number of carbonyl (C=O) groups is 2. The molecule has 2 aromatic rings. The molecule has 1 atom stereocenters. The van der Waals surface area contributed by atoms with Crippen LogP contribution in [0.4, 0.5) is 0 Å². The maximum absolute atomic E-state index is 12.3. The highest BCUT2D eigenvalue weighted by Gasteiger charge is 2.23. The lowest BCUT2D eigenvalue weighted by Crippen LogP contribution is -2.37. The summed E-state index contributed by atoms with van der Waals surface area (Å²) in [6.45, 7) is 0. The largest absolute Gasteiger partial charge is 0.353 e. The summed E-state index contributed by atoms with van der Waals surface area (Å²) in [6, 6.07) is 3.78. The normalized spacial score (nSPS) is 16.2. The zero-order chi connectivity index (χ0) is 16.1. The van der Waals surface area contributed by atoms with Crippen molar-refractivity contribution < 1.29 is 9.59 Å². The summed E-state index contributed by atoms with van der Waals surface area (Å²) < 4.78 is 3.70. The molecule has 1 fully saturated rings. The van der Waals surface area contributed by atoms with E-state index in [4.69, 9.17) is 0 Å². The van der Waals surface area contributed by atoms with E-state index in [2.05, 4.69) is 20.2 Å². The highest BCUT2D eigenvalue weighted by atomic mass is 32.1. The summed E-state index contributed by atoms with van der Waals surface area (Å²) in [5, 5.41) is 13.3. The maximum Gasteiger partial charge on any atom is 0.273 e. The first-order chi connectivity index (χ1) is 11.2. The van der Waals surface area contributed by atoms with Gasteiger partial charge in [0.05, 0.1) is 12.5 Å². The van der Waals surface area contributed by atoms with Crippen LogP contribution in [0, 0.1) is 0 Å². The first-order valence-electron chi connectivity index (χ1n) is 7.63. The first kappa shape index (κ1) is 16.1. The molecule has 1 aliphatic rings. The number of hydrogen-bond acceptors (Lipinski definition) is 6. The molecule has 23 heavy (non-hydrogen) atoms. The van der Waals surface area contributed by atoms with Crippen LogP contribution in [-0.2, 0) is 4.79 Å². The summed E-state index contributed by atoms with van der Waals surface area (Å²) in [4.78, 5) is 25.5. The molecule has 0 radical (unpaired) electrons. The molecular weight excluding hydrogens is 332 g/mol. The molecule has 0 bridgehead atoms. The van der Waals surface area contributed by atoms with E-state index >= 15 is 0 Å². The lowest BCUT2D eigenvalue weighted by atomic mass is 10.1. The number of aromatic nitrogens is 2. The zero-order valence-electron chi connectivity index (χ0n) is 12.5. The molecule has 0 spiro atoms. The van der Waals surface area contributed by atoms with Gasteiger partial charge in [0, 0.05) is 16.3 Å². The highest BCUT2D eigenvalue weighted by Crippen LogP contribution is 2.23. The molecule has 8 heteroatoms. The van der Waals surface area contributed by atoms with E-state index in [-0.39, 0.29) is 36.0 Å². The van der Waals surface area contributed by atoms with E-state index in [1.54, 1.807) is 5.38 Å². The van der Waals surface area contributed by atoms with Crippen LogP contribution in [0.25, 0.3) is 0 Å². The van der Waals surface area contributed by atoms with Crippen molar-refractivity contribution in [3.05, 3.63) is 33.5 Å². The van der Waals surface area contributed by atoms with Crippen molar-refractivity contribution >= 4 is 34.7 Å². The second kappa shape index (κ2) is 7.65. The highest BCUT2D eigenvalue weighted by molar-refractivity contribution is 7.10. The van der Waals surface area contributed by atoms with Crippen molar-refractivity contribution in [2.75, 3.05) is 0 Å². The Balaban J connectivity index is 1.63. The molecule has 2 amide bonds. The molecule has 1 saturated carbocycles. The van der Waals surface area contributed by atoms with Gasteiger partial charge in [-0.3, -0.25) is 9.59 Å². The predicted molar refractivity (Wildman–Crippen MR) is 89.5 cm³/mol. The van der Waals surface area contributed by atoms with Crippen molar-refractivity contribution in [1.82, 2.24) is 20.2 Å². The monoisotopic (exact) mass is 350 g/mol. The molecule has 2 heterocycles. The van der Waals surface area contributed by atoms with Gasteiger partial charge in [-0.1, -0.05) is 23.4 Å². The van der Waals surface area contributed by atoms with Crippen LogP contribution in [0.5, 0.6) is 0 Å². The van der Waals surface area contributed by atoms with Crippen molar-refractivity contribution in [2.45, 2.75) is 44.2 Å². The SMILES string of the molecule is O=C(CC(NC(=O)c1csnn1)c1cccs1)NC1CCCC1. The second-order valence-electron chi connectivity index (χ2n) is 5.58. The third-order valence-electron chi connectivity index (χ3n) is 3.89. The number of rotatable bonds is 6. The van der Waals surface area contributed by atoms with Crippen LogP contribution in [0.2, 0.25) is 0 Å². The quantitative estimate of drug-likeness (QED) is 0.838. The van der Waals surface area contributed by atoms with Gasteiger partial charge in [0.25, 0.3) is 5.91 Å². The summed E-state index contributed by atoms with van der Waals surface area (Å²) in [7, 11) is 0. The van der Waals surface area contributed by atoms with Gasteiger partial charge in [-0.2, -0.15) is 0 Å². The Bertz CT molecular complexity index is 637. The van der Waals surface area contributed by atoms with Gasteiger partial charge in [-0.05, 0) is 35.8 Å². The Labute approximate surface area is 142 Å². The number of amides is 2. The van der Waals surface area contributed by atoms with Crippen molar-refractivity contribution in [3.63, 3.8) is 0 Å². The molecule has 122 valence electrons. The van der Waals surface area contributed by atoms with Crippen LogP contribution >= 0.6 is 22.9 Å². The molecule has 0 saturated heterocycles. The lowest BCUT2D eigenvalue weighted by Gasteiger charge is -2.18. The predicted octanol–water partition coefficient (Wildman–Crippen LogP) is 2.52. The molecule has 0 aliphatic heterocycles. The van der Waals surface area contributed by atoms with E-state index in [0.717, 1.165) is 29.3 Å². The van der Waals surface area contributed by atoms with Gasteiger partial charge in [-0.25, -0.2) is 0 Å². The van der Waals surface area contributed by atoms with E-state index in [9.17, 15) is 9.59 Å². The molecule has 6 nitrogen and oxygen atoms in total. The van der Waals surface area contributed by atoms with Gasteiger partial charge >= 0.3 is 0 Å².